The first kappa shape index (κ1) is 8.10. The van der Waals surface area contributed by atoms with Crippen LogP contribution in [0.5, 0.6) is 0 Å². The van der Waals surface area contributed by atoms with Crippen molar-refractivity contribution in [1.82, 2.24) is 8.75 Å². The fourth-order valence-corrected chi connectivity index (χ4v) is 1.86. The van der Waals surface area contributed by atoms with Gasteiger partial charge in [-0.3, -0.25) is 0 Å². The average molecular weight is 185 g/mol. The van der Waals surface area contributed by atoms with Crippen molar-refractivity contribution in [1.29, 1.82) is 0 Å². The van der Waals surface area contributed by atoms with Gasteiger partial charge in [-0.05, 0) is 6.42 Å². The van der Waals surface area contributed by atoms with Crippen molar-refractivity contribution in [2.75, 3.05) is 13.2 Å². The smallest absolute Gasteiger partial charge is 0.0913 e. The number of hydrogen-bond donors (Lipinski definition) is 1. The largest absolute Gasteiger partial charge is 0.381 e. The molecule has 1 fully saturated rings. The SMILES string of the molecule is NC(c1cnsn1)C1CCOC1. The average Bonchev–Trinajstić information content (AvgIpc) is 2.77. The van der Waals surface area contributed by atoms with E-state index in [1.807, 2.05) is 0 Å². The molecule has 2 heterocycles. The maximum absolute atomic E-state index is 5.97. The molecular weight excluding hydrogens is 174 g/mol. The van der Waals surface area contributed by atoms with Gasteiger partial charge in [0.25, 0.3) is 0 Å². The van der Waals surface area contributed by atoms with Crippen LogP contribution in [0.4, 0.5) is 0 Å². The lowest BCUT2D eigenvalue weighted by Gasteiger charge is -2.13. The molecule has 1 aromatic heterocycles. The van der Waals surface area contributed by atoms with E-state index in [1.165, 1.54) is 11.7 Å². The molecule has 2 N–H and O–H groups in total. The molecule has 5 heteroatoms. The first-order valence-corrected chi connectivity index (χ1v) is 4.72. The van der Waals surface area contributed by atoms with Gasteiger partial charge < -0.3 is 10.5 Å². The zero-order valence-corrected chi connectivity index (χ0v) is 7.46. The van der Waals surface area contributed by atoms with Crippen LogP contribution in [-0.2, 0) is 4.74 Å². The van der Waals surface area contributed by atoms with Crippen molar-refractivity contribution in [3.8, 4) is 0 Å². The van der Waals surface area contributed by atoms with Crippen molar-refractivity contribution in [3.05, 3.63) is 11.9 Å². The maximum Gasteiger partial charge on any atom is 0.0913 e. The van der Waals surface area contributed by atoms with Gasteiger partial charge in [-0.1, -0.05) is 0 Å². The fraction of sp³-hybridized carbons (Fsp3) is 0.714. The van der Waals surface area contributed by atoms with Crippen molar-refractivity contribution in [3.63, 3.8) is 0 Å². The maximum atomic E-state index is 5.97. The topological polar surface area (TPSA) is 61.0 Å². The predicted octanol–water partition coefficient (Wildman–Crippen LogP) is 0.574. The Morgan fingerprint density at radius 1 is 1.75 bits per heavy atom. The van der Waals surface area contributed by atoms with Gasteiger partial charge in [0.2, 0.25) is 0 Å². The summed E-state index contributed by atoms with van der Waals surface area (Å²) in [5, 5.41) is 0. The van der Waals surface area contributed by atoms with E-state index >= 15 is 0 Å². The van der Waals surface area contributed by atoms with E-state index in [1.54, 1.807) is 6.20 Å². The number of ether oxygens (including phenoxy) is 1. The second-order valence-corrected chi connectivity index (χ2v) is 3.54. The molecule has 1 aromatic rings. The molecule has 0 aromatic carbocycles. The van der Waals surface area contributed by atoms with Crippen LogP contribution in [-0.4, -0.2) is 22.0 Å². The van der Waals surface area contributed by atoms with Gasteiger partial charge in [0.1, 0.15) is 0 Å². The molecule has 4 nitrogen and oxygen atoms in total. The molecule has 0 saturated carbocycles. The second-order valence-electron chi connectivity index (χ2n) is 2.98. The van der Waals surface area contributed by atoms with Crippen LogP contribution in [0.15, 0.2) is 6.20 Å². The molecule has 0 aliphatic carbocycles. The summed E-state index contributed by atoms with van der Waals surface area (Å²) < 4.78 is 13.3. The first-order chi connectivity index (χ1) is 5.88. The van der Waals surface area contributed by atoms with Gasteiger partial charge in [0.15, 0.2) is 0 Å². The number of nitrogens with two attached hydrogens (primary N) is 1. The number of rotatable bonds is 2. The van der Waals surface area contributed by atoms with E-state index in [0.717, 1.165) is 25.3 Å². The Kier molecular flexibility index (Phi) is 2.34. The summed E-state index contributed by atoms with van der Waals surface area (Å²) in [6.07, 6.45) is 2.78. The van der Waals surface area contributed by atoms with Crippen molar-refractivity contribution < 1.29 is 4.74 Å². The van der Waals surface area contributed by atoms with Gasteiger partial charge in [-0.2, -0.15) is 8.75 Å². The summed E-state index contributed by atoms with van der Waals surface area (Å²) in [6.45, 7) is 1.59. The molecule has 0 amide bonds. The molecule has 2 unspecified atom stereocenters. The molecular formula is C7H11N3OS. The molecule has 2 atom stereocenters. The first-order valence-electron chi connectivity index (χ1n) is 3.98. The standard InChI is InChI=1S/C7H11N3OS/c8-7(5-1-2-11-4-5)6-3-9-12-10-6/h3,5,7H,1-2,4,8H2. The normalized spacial score (nSPS) is 25.9. The summed E-state index contributed by atoms with van der Waals surface area (Å²) in [7, 11) is 0. The third kappa shape index (κ3) is 1.48. The van der Waals surface area contributed by atoms with Gasteiger partial charge in [0, 0.05) is 12.5 Å². The Bertz CT molecular complexity index is 233. The Labute approximate surface area is 75.1 Å². The minimum Gasteiger partial charge on any atom is -0.381 e. The quantitative estimate of drug-likeness (QED) is 0.732. The van der Waals surface area contributed by atoms with Crippen molar-refractivity contribution in [2.24, 2.45) is 11.7 Å². The highest BCUT2D eigenvalue weighted by atomic mass is 32.1. The van der Waals surface area contributed by atoms with Gasteiger partial charge >= 0.3 is 0 Å². The van der Waals surface area contributed by atoms with Crippen LogP contribution in [0, 0.1) is 5.92 Å². The second kappa shape index (κ2) is 3.47. The highest BCUT2D eigenvalue weighted by Crippen LogP contribution is 2.25. The van der Waals surface area contributed by atoms with Crippen molar-refractivity contribution >= 4 is 11.7 Å². The minimum absolute atomic E-state index is 0.00579. The zero-order chi connectivity index (χ0) is 8.39. The van der Waals surface area contributed by atoms with Crippen LogP contribution in [0.25, 0.3) is 0 Å². The molecule has 66 valence electrons. The third-order valence-electron chi connectivity index (χ3n) is 2.19. The molecule has 0 bridgehead atoms. The molecule has 2 rings (SSSR count). The molecule has 1 aliphatic heterocycles. The van der Waals surface area contributed by atoms with E-state index in [2.05, 4.69) is 8.75 Å². The molecule has 1 saturated heterocycles. The fourth-order valence-electron chi connectivity index (χ4n) is 1.40. The van der Waals surface area contributed by atoms with Crippen LogP contribution in [0.3, 0.4) is 0 Å². The lowest BCUT2D eigenvalue weighted by molar-refractivity contribution is 0.180. The van der Waals surface area contributed by atoms with Gasteiger partial charge in [-0.15, -0.1) is 0 Å². The highest BCUT2D eigenvalue weighted by Gasteiger charge is 2.25. The Hall–Kier alpha value is -0.520. The van der Waals surface area contributed by atoms with Crippen LogP contribution >= 0.6 is 11.7 Å². The molecule has 1 aliphatic rings. The van der Waals surface area contributed by atoms with E-state index in [4.69, 9.17) is 10.5 Å². The number of nitrogens with zero attached hydrogens (tertiary/aromatic N) is 2. The summed E-state index contributed by atoms with van der Waals surface area (Å²) in [5.74, 6) is 0.425. The van der Waals surface area contributed by atoms with E-state index in [9.17, 15) is 0 Å². The summed E-state index contributed by atoms with van der Waals surface area (Å²) in [4.78, 5) is 0. The number of hydrogen-bond acceptors (Lipinski definition) is 5. The van der Waals surface area contributed by atoms with Gasteiger partial charge in [0.05, 0.1) is 36.3 Å². The molecule has 0 radical (unpaired) electrons. The van der Waals surface area contributed by atoms with Crippen LogP contribution in [0.2, 0.25) is 0 Å². The Morgan fingerprint density at radius 3 is 3.25 bits per heavy atom. The highest BCUT2D eigenvalue weighted by molar-refractivity contribution is 6.99. The predicted molar refractivity (Wildman–Crippen MR) is 45.8 cm³/mol. The summed E-state index contributed by atoms with van der Waals surface area (Å²) >= 11 is 1.21. The molecule has 12 heavy (non-hydrogen) atoms. The summed E-state index contributed by atoms with van der Waals surface area (Å²) in [5.41, 5.74) is 6.87. The monoisotopic (exact) mass is 185 g/mol. The lowest BCUT2D eigenvalue weighted by Crippen LogP contribution is -2.21. The van der Waals surface area contributed by atoms with Gasteiger partial charge in [-0.25, -0.2) is 0 Å². The third-order valence-corrected chi connectivity index (χ3v) is 2.68. The van der Waals surface area contributed by atoms with E-state index in [0.29, 0.717) is 5.92 Å². The van der Waals surface area contributed by atoms with E-state index < -0.39 is 0 Å². The summed E-state index contributed by atoms with van der Waals surface area (Å²) in [6, 6.07) is 0.00579. The van der Waals surface area contributed by atoms with Crippen LogP contribution in [0.1, 0.15) is 18.2 Å². The minimum atomic E-state index is 0.00579. The lowest BCUT2D eigenvalue weighted by atomic mass is 9.98. The van der Waals surface area contributed by atoms with Crippen LogP contribution < -0.4 is 5.73 Å². The molecule has 0 spiro atoms. The Morgan fingerprint density at radius 2 is 2.67 bits per heavy atom. The zero-order valence-electron chi connectivity index (χ0n) is 6.64. The number of aromatic nitrogens is 2. The Balaban J connectivity index is 2.04. The van der Waals surface area contributed by atoms with E-state index in [-0.39, 0.29) is 6.04 Å². The van der Waals surface area contributed by atoms with Crippen molar-refractivity contribution in [2.45, 2.75) is 12.5 Å².